The van der Waals surface area contributed by atoms with Crippen molar-refractivity contribution >= 4 is 0 Å². The van der Waals surface area contributed by atoms with E-state index >= 15 is 0 Å². The lowest BCUT2D eigenvalue weighted by Crippen LogP contribution is -2.44. The van der Waals surface area contributed by atoms with Crippen molar-refractivity contribution in [3.8, 4) is 0 Å². The van der Waals surface area contributed by atoms with Gasteiger partial charge in [0, 0.05) is 0 Å². The molecule has 2 aliphatic carbocycles. The summed E-state index contributed by atoms with van der Waals surface area (Å²) >= 11 is 0. The first-order valence-corrected chi connectivity index (χ1v) is 5.27. The molecule has 15 heavy (non-hydrogen) atoms. The van der Waals surface area contributed by atoms with Crippen LogP contribution in [0.2, 0.25) is 0 Å². The van der Waals surface area contributed by atoms with Crippen LogP contribution in [-0.4, -0.2) is 16.9 Å². The van der Waals surface area contributed by atoms with Crippen molar-refractivity contribution in [2.75, 3.05) is 0 Å². The summed E-state index contributed by atoms with van der Waals surface area (Å²) in [6, 6.07) is 0. The molecule has 0 aromatic carbocycles. The van der Waals surface area contributed by atoms with Crippen molar-refractivity contribution in [1.82, 2.24) is 0 Å². The Morgan fingerprint density at radius 1 is 1.27 bits per heavy atom. The van der Waals surface area contributed by atoms with Crippen molar-refractivity contribution in [3.63, 3.8) is 0 Å². The summed E-state index contributed by atoms with van der Waals surface area (Å²) in [7, 11) is 0. The Kier molecular flexibility index (Phi) is 2.37. The summed E-state index contributed by atoms with van der Waals surface area (Å²) < 4.78 is 37.4. The summed E-state index contributed by atoms with van der Waals surface area (Å²) in [5.74, 6) is 0.699. The van der Waals surface area contributed by atoms with Gasteiger partial charge < -0.3 is 5.11 Å². The standard InChI is InChI=1S/C11H15F3O/c1-10(15,11(12,13)14)6-9-5-7-2-3-8(9)4-7/h2-3,7-9,15H,4-6H2,1H3. The molecule has 2 bridgehead atoms. The average Bonchev–Trinajstić information content (AvgIpc) is 2.61. The summed E-state index contributed by atoms with van der Waals surface area (Å²) in [6.45, 7) is 0.878. The van der Waals surface area contributed by atoms with E-state index in [4.69, 9.17) is 0 Å². The molecule has 0 spiro atoms. The molecular formula is C11H15F3O. The topological polar surface area (TPSA) is 20.2 Å². The minimum absolute atomic E-state index is 0.00313. The molecule has 4 atom stereocenters. The number of rotatable bonds is 2. The molecule has 1 fully saturated rings. The van der Waals surface area contributed by atoms with Crippen molar-refractivity contribution in [2.45, 2.75) is 38.0 Å². The number of hydrogen-bond donors (Lipinski definition) is 1. The van der Waals surface area contributed by atoms with Crippen LogP contribution < -0.4 is 0 Å². The molecule has 0 aromatic heterocycles. The van der Waals surface area contributed by atoms with E-state index in [0.717, 1.165) is 19.8 Å². The molecule has 0 aromatic rings. The van der Waals surface area contributed by atoms with Gasteiger partial charge in [0.2, 0.25) is 0 Å². The molecule has 1 nitrogen and oxygen atoms in total. The number of halogens is 3. The maximum absolute atomic E-state index is 12.5. The van der Waals surface area contributed by atoms with Crippen molar-refractivity contribution in [3.05, 3.63) is 12.2 Å². The van der Waals surface area contributed by atoms with Gasteiger partial charge in [0.25, 0.3) is 0 Å². The Hall–Kier alpha value is -0.510. The number of alkyl halides is 3. The number of hydrogen-bond acceptors (Lipinski definition) is 1. The summed E-state index contributed by atoms with van der Waals surface area (Å²) in [5.41, 5.74) is -2.53. The van der Waals surface area contributed by atoms with Crippen LogP contribution in [-0.2, 0) is 0 Å². The highest BCUT2D eigenvalue weighted by molar-refractivity contribution is 5.11. The third kappa shape index (κ3) is 1.92. The van der Waals surface area contributed by atoms with Gasteiger partial charge >= 0.3 is 6.18 Å². The Balaban J connectivity index is 2.01. The number of allylic oxidation sites excluding steroid dienone is 2. The first-order valence-electron chi connectivity index (χ1n) is 5.27. The van der Waals surface area contributed by atoms with Crippen molar-refractivity contribution < 1.29 is 18.3 Å². The maximum atomic E-state index is 12.5. The lowest BCUT2D eigenvalue weighted by atomic mass is 9.83. The zero-order valence-electron chi connectivity index (χ0n) is 8.59. The highest BCUT2D eigenvalue weighted by Gasteiger charge is 2.52. The molecule has 2 rings (SSSR count). The SMILES string of the molecule is CC(O)(CC1CC2C=CC1C2)C(F)(F)F. The van der Waals surface area contributed by atoms with Crippen LogP contribution in [0.3, 0.4) is 0 Å². The van der Waals surface area contributed by atoms with E-state index in [-0.39, 0.29) is 18.3 Å². The summed E-state index contributed by atoms with van der Waals surface area (Å²) in [4.78, 5) is 0. The zero-order valence-corrected chi connectivity index (χ0v) is 8.59. The Morgan fingerprint density at radius 2 is 1.93 bits per heavy atom. The normalized spacial score (nSPS) is 38.3. The molecule has 0 heterocycles. The second-order valence-corrected chi connectivity index (χ2v) is 5.02. The minimum atomic E-state index is -4.52. The molecule has 0 radical (unpaired) electrons. The number of fused-ring (bicyclic) bond motifs is 2. The van der Waals surface area contributed by atoms with Crippen LogP contribution in [0.15, 0.2) is 12.2 Å². The van der Waals surface area contributed by atoms with Crippen LogP contribution in [0.25, 0.3) is 0 Å². The summed E-state index contributed by atoms with van der Waals surface area (Å²) in [5, 5.41) is 9.39. The van der Waals surface area contributed by atoms with E-state index in [1.807, 2.05) is 6.08 Å². The molecule has 4 heteroatoms. The second kappa shape index (κ2) is 3.24. The molecule has 0 amide bonds. The van der Waals surface area contributed by atoms with Gasteiger partial charge in [0.15, 0.2) is 5.60 Å². The molecular weight excluding hydrogens is 205 g/mol. The van der Waals surface area contributed by atoms with Gasteiger partial charge in [-0.15, -0.1) is 0 Å². The van der Waals surface area contributed by atoms with Gasteiger partial charge in [-0.3, -0.25) is 0 Å². The van der Waals surface area contributed by atoms with Gasteiger partial charge in [0.1, 0.15) is 0 Å². The van der Waals surface area contributed by atoms with E-state index in [9.17, 15) is 18.3 Å². The zero-order chi connectivity index (χ0) is 11.3. The smallest absolute Gasteiger partial charge is 0.381 e. The third-order valence-electron chi connectivity index (χ3n) is 3.69. The van der Waals surface area contributed by atoms with Gasteiger partial charge in [-0.2, -0.15) is 13.2 Å². The van der Waals surface area contributed by atoms with Crippen LogP contribution in [0, 0.1) is 17.8 Å². The predicted octanol–water partition coefficient (Wildman–Crippen LogP) is 2.90. The van der Waals surface area contributed by atoms with Crippen LogP contribution in [0.1, 0.15) is 26.2 Å². The molecule has 0 aliphatic heterocycles. The fraction of sp³-hybridized carbons (Fsp3) is 0.818. The maximum Gasteiger partial charge on any atom is 0.416 e. The Bertz CT molecular complexity index is 280. The van der Waals surface area contributed by atoms with Crippen LogP contribution >= 0.6 is 0 Å². The van der Waals surface area contributed by atoms with E-state index in [0.29, 0.717) is 5.92 Å². The molecule has 1 N–H and O–H groups in total. The van der Waals surface area contributed by atoms with Crippen LogP contribution in [0.4, 0.5) is 13.2 Å². The van der Waals surface area contributed by atoms with Crippen LogP contribution in [0.5, 0.6) is 0 Å². The first-order chi connectivity index (χ1) is 6.79. The molecule has 4 unspecified atom stereocenters. The van der Waals surface area contributed by atoms with Gasteiger partial charge in [-0.1, -0.05) is 12.2 Å². The average molecular weight is 220 g/mol. The Morgan fingerprint density at radius 3 is 2.33 bits per heavy atom. The van der Waals surface area contributed by atoms with Crippen molar-refractivity contribution in [1.29, 1.82) is 0 Å². The Labute approximate surface area is 87.0 Å². The quantitative estimate of drug-likeness (QED) is 0.709. The van der Waals surface area contributed by atoms with Gasteiger partial charge in [0.05, 0.1) is 0 Å². The van der Waals surface area contributed by atoms with E-state index in [1.165, 1.54) is 0 Å². The fourth-order valence-corrected chi connectivity index (χ4v) is 2.76. The van der Waals surface area contributed by atoms with E-state index in [2.05, 4.69) is 6.08 Å². The number of aliphatic hydroxyl groups is 1. The molecule has 86 valence electrons. The van der Waals surface area contributed by atoms with E-state index in [1.54, 1.807) is 0 Å². The lowest BCUT2D eigenvalue weighted by Gasteiger charge is -2.31. The highest BCUT2D eigenvalue weighted by Crippen LogP contribution is 2.48. The molecule has 2 aliphatic rings. The first kappa shape index (κ1) is 11.0. The summed E-state index contributed by atoms with van der Waals surface area (Å²) in [6.07, 6.45) is 1.18. The minimum Gasteiger partial charge on any atom is -0.381 e. The van der Waals surface area contributed by atoms with E-state index < -0.39 is 11.8 Å². The second-order valence-electron chi connectivity index (χ2n) is 5.02. The third-order valence-corrected chi connectivity index (χ3v) is 3.69. The van der Waals surface area contributed by atoms with Gasteiger partial charge in [-0.05, 0) is 43.9 Å². The highest BCUT2D eigenvalue weighted by atomic mass is 19.4. The predicted molar refractivity (Wildman–Crippen MR) is 50.1 cm³/mol. The molecule has 1 saturated carbocycles. The monoisotopic (exact) mass is 220 g/mol. The lowest BCUT2D eigenvalue weighted by molar-refractivity contribution is -0.259. The molecule has 0 saturated heterocycles. The fourth-order valence-electron chi connectivity index (χ4n) is 2.76. The van der Waals surface area contributed by atoms with Gasteiger partial charge in [-0.25, -0.2) is 0 Å². The largest absolute Gasteiger partial charge is 0.416 e. The van der Waals surface area contributed by atoms with Crippen molar-refractivity contribution in [2.24, 2.45) is 17.8 Å².